The first-order chi connectivity index (χ1) is 5.50. The minimum atomic E-state index is -3.35. The van der Waals surface area contributed by atoms with E-state index in [0.717, 1.165) is 0 Å². The standard InChI is InChI=1S/C8H12F2O2/c1-2-3-5-4-6(11)8(9,10)7(5)12/h2,5-7,11-12H,1,3-4H2. The molecule has 1 fully saturated rings. The lowest BCUT2D eigenvalue weighted by Gasteiger charge is -2.18. The summed E-state index contributed by atoms with van der Waals surface area (Å²) in [6, 6.07) is 0. The van der Waals surface area contributed by atoms with Crippen LogP contribution >= 0.6 is 0 Å². The third-order valence-electron chi connectivity index (χ3n) is 2.28. The summed E-state index contributed by atoms with van der Waals surface area (Å²) in [7, 11) is 0. The summed E-state index contributed by atoms with van der Waals surface area (Å²) in [5.41, 5.74) is 0. The van der Waals surface area contributed by atoms with Crippen LogP contribution in [0.25, 0.3) is 0 Å². The number of hydrogen-bond acceptors (Lipinski definition) is 2. The van der Waals surface area contributed by atoms with E-state index < -0.39 is 24.0 Å². The third-order valence-corrected chi connectivity index (χ3v) is 2.28. The number of aliphatic hydroxyl groups is 2. The van der Waals surface area contributed by atoms with Crippen LogP contribution in [0.3, 0.4) is 0 Å². The van der Waals surface area contributed by atoms with Gasteiger partial charge in [-0.25, -0.2) is 8.78 Å². The van der Waals surface area contributed by atoms with E-state index in [9.17, 15) is 8.78 Å². The summed E-state index contributed by atoms with van der Waals surface area (Å²) >= 11 is 0. The van der Waals surface area contributed by atoms with Crippen molar-refractivity contribution in [1.82, 2.24) is 0 Å². The molecule has 0 heterocycles. The first-order valence-corrected chi connectivity index (χ1v) is 3.85. The fourth-order valence-corrected chi connectivity index (χ4v) is 1.52. The van der Waals surface area contributed by atoms with E-state index in [1.54, 1.807) is 0 Å². The molecule has 3 atom stereocenters. The topological polar surface area (TPSA) is 40.5 Å². The van der Waals surface area contributed by atoms with E-state index in [1.807, 2.05) is 0 Å². The van der Waals surface area contributed by atoms with Crippen molar-refractivity contribution in [2.24, 2.45) is 5.92 Å². The molecule has 0 amide bonds. The molecule has 1 aliphatic rings. The zero-order valence-electron chi connectivity index (χ0n) is 6.58. The van der Waals surface area contributed by atoms with Gasteiger partial charge in [0.2, 0.25) is 0 Å². The molecule has 0 aliphatic heterocycles. The highest BCUT2D eigenvalue weighted by molar-refractivity contribution is 4.99. The minimum Gasteiger partial charge on any atom is -0.387 e. The van der Waals surface area contributed by atoms with Crippen LogP contribution in [-0.4, -0.2) is 28.3 Å². The molecule has 4 heteroatoms. The second kappa shape index (κ2) is 3.11. The van der Waals surface area contributed by atoms with Crippen LogP contribution in [0.4, 0.5) is 8.78 Å². The van der Waals surface area contributed by atoms with Crippen LogP contribution < -0.4 is 0 Å². The molecule has 2 N–H and O–H groups in total. The maximum Gasteiger partial charge on any atom is 0.298 e. The summed E-state index contributed by atoms with van der Waals surface area (Å²) in [6.45, 7) is 3.39. The quantitative estimate of drug-likeness (QED) is 0.618. The van der Waals surface area contributed by atoms with E-state index in [1.165, 1.54) is 6.08 Å². The van der Waals surface area contributed by atoms with Crippen LogP contribution in [0.2, 0.25) is 0 Å². The Morgan fingerprint density at radius 2 is 2.08 bits per heavy atom. The Hall–Kier alpha value is -0.480. The second-order valence-electron chi connectivity index (χ2n) is 3.16. The fraction of sp³-hybridized carbons (Fsp3) is 0.750. The van der Waals surface area contributed by atoms with Crippen molar-refractivity contribution in [3.05, 3.63) is 12.7 Å². The van der Waals surface area contributed by atoms with Crippen LogP contribution in [0.15, 0.2) is 12.7 Å². The van der Waals surface area contributed by atoms with Crippen molar-refractivity contribution in [3.63, 3.8) is 0 Å². The van der Waals surface area contributed by atoms with Gasteiger partial charge in [-0.1, -0.05) is 6.08 Å². The first kappa shape index (κ1) is 9.61. The molecule has 0 saturated heterocycles. The number of halogens is 2. The number of rotatable bonds is 2. The largest absolute Gasteiger partial charge is 0.387 e. The average Bonchev–Trinajstić information content (AvgIpc) is 2.17. The Kier molecular flexibility index (Phi) is 2.49. The van der Waals surface area contributed by atoms with Gasteiger partial charge in [-0.3, -0.25) is 0 Å². The van der Waals surface area contributed by atoms with Gasteiger partial charge in [0.05, 0.1) is 0 Å². The molecule has 12 heavy (non-hydrogen) atoms. The van der Waals surface area contributed by atoms with E-state index >= 15 is 0 Å². The molecule has 0 aromatic carbocycles. The predicted octanol–water partition coefficient (Wildman–Crippen LogP) is 0.940. The highest BCUT2D eigenvalue weighted by atomic mass is 19.3. The zero-order chi connectivity index (χ0) is 9.35. The van der Waals surface area contributed by atoms with E-state index in [-0.39, 0.29) is 6.42 Å². The fourth-order valence-electron chi connectivity index (χ4n) is 1.52. The Balaban J connectivity index is 2.68. The van der Waals surface area contributed by atoms with Gasteiger partial charge < -0.3 is 10.2 Å². The summed E-state index contributed by atoms with van der Waals surface area (Å²) in [5.74, 6) is -3.92. The molecule has 0 radical (unpaired) electrons. The van der Waals surface area contributed by atoms with E-state index in [2.05, 4.69) is 6.58 Å². The molecule has 0 aromatic rings. The number of alkyl halides is 2. The Morgan fingerprint density at radius 1 is 1.50 bits per heavy atom. The normalized spacial score (nSPS) is 39.8. The Bertz CT molecular complexity index is 182. The number of allylic oxidation sites excluding steroid dienone is 1. The van der Waals surface area contributed by atoms with Crippen molar-refractivity contribution in [1.29, 1.82) is 0 Å². The SMILES string of the molecule is C=CCC1CC(O)C(F)(F)C1O. The van der Waals surface area contributed by atoms with E-state index in [0.29, 0.717) is 6.42 Å². The Morgan fingerprint density at radius 3 is 2.42 bits per heavy atom. The minimum absolute atomic E-state index is 0.0554. The molecule has 3 unspecified atom stereocenters. The monoisotopic (exact) mass is 178 g/mol. The first-order valence-electron chi connectivity index (χ1n) is 3.85. The van der Waals surface area contributed by atoms with Crippen LogP contribution in [0.1, 0.15) is 12.8 Å². The van der Waals surface area contributed by atoms with Crippen LogP contribution in [0.5, 0.6) is 0 Å². The van der Waals surface area contributed by atoms with Gasteiger partial charge in [0.15, 0.2) is 0 Å². The lowest BCUT2D eigenvalue weighted by atomic mass is 10.0. The van der Waals surface area contributed by atoms with Gasteiger partial charge in [0.1, 0.15) is 12.2 Å². The van der Waals surface area contributed by atoms with Gasteiger partial charge in [0.25, 0.3) is 5.92 Å². The summed E-state index contributed by atoms with van der Waals surface area (Å²) in [6.07, 6.45) is -1.71. The van der Waals surface area contributed by atoms with Crippen molar-refractivity contribution < 1.29 is 19.0 Å². The molecule has 1 rings (SSSR count). The van der Waals surface area contributed by atoms with Crippen molar-refractivity contribution >= 4 is 0 Å². The lowest BCUT2D eigenvalue weighted by molar-refractivity contribution is -0.148. The lowest BCUT2D eigenvalue weighted by Crippen LogP contribution is -2.38. The maximum atomic E-state index is 12.8. The van der Waals surface area contributed by atoms with Crippen molar-refractivity contribution in [2.75, 3.05) is 0 Å². The summed E-state index contributed by atoms with van der Waals surface area (Å²) in [5, 5.41) is 17.9. The highest BCUT2D eigenvalue weighted by Gasteiger charge is 2.55. The van der Waals surface area contributed by atoms with Gasteiger partial charge in [-0.05, 0) is 18.8 Å². The van der Waals surface area contributed by atoms with Gasteiger partial charge in [-0.15, -0.1) is 6.58 Å². The molecule has 0 bridgehead atoms. The third kappa shape index (κ3) is 1.36. The molecule has 0 spiro atoms. The molecule has 1 aliphatic carbocycles. The average molecular weight is 178 g/mol. The number of hydrogen-bond donors (Lipinski definition) is 2. The molecule has 70 valence electrons. The Labute approximate surface area is 69.5 Å². The van der Waals surface area contributed by atoms with Crippen LogP contribution in [0, 0.1) is 5.92 Å². The van der Waals surface area contributed by atoms with Crippen LogP contribution in [-0.2, 0) is 0 Å². The zero-order valence-corrected chi connectivity index (χ0v) is 6.58. The predicted molar refractivity (Wildman–Crippen MR) is 39.9 cm³/mol. The second-order valence-corrected chi connectivity index (χ2v) is 3.16. The highest BCUT2D eigenvalue weighted by Crippen LogP contribution is 2.40. The summed E-state index contributed by atoms with van der Waals surface area (Å²) in [4.78, 5) is 0. The molecule has 2 nitrogen and oxygen atoms in total. The smallest absolute Gasteiger partial charge is 0.298 e. The van der Waals surface area contributed by atoms with Crippen molar-refractivity contribution in [2.45, 2.75) is 31.0 Å². The molecule has 1 saturated carbocycles. The van der Waals surface area contributed by atoms with E-state index in [4.69, 9.17) is 10.2 Å². The molecular weight excluding hydrogens is 166 g/mol. The maximum absolute atomic E-state index is 12.8. The van der Waals surface area contributed by atoms with Gasteiger partial charge in [0, 0.05) is 0 Å². The molecular formula is C8H12F2O2. The van der Waals surface area contributed by atoms with Gasteiger partial charge >= 0.3 is 0 Å². The summed E-state index contributed by atoms with van der Waals surface area (Å²) < 4.78 is 25.5. The van der Waals surface area contributed by atoms with Crippen molar-refractivity contribution in [3.8, 4) is 0 Å². The number of aliphatic hydroxyl groups excluding tert-OH is 2. The molecule has 0 aromatic heterocycles. The van der Waals surface area contributed by atoms with Gasteiger partial charge in [-0.2, -0.15) is 0 Å².